The summed E-state index contributed by atoms with van der Waals surface area (Å²) in [4.78, 5) is 28.3. The molecule has 1 fully saturated rings. The number of nitrogens with zero attached hydrogens (tertiary/aromatic N) is 2. The van der Waals surface area contributed by atoms with Gasteiger partial charge in [-0.25, -0.2) is 0 Å². The summed E-state index contributed by atoms with van der Waals surface area (Å²) in [6, 6.07) is 17.4. The second-order valence-corrected chi connectivity index (χ2v) is 6.51. The molecule has 1 aliphatic rings. The van der Waals surface area contributed by atoms with Crippen molar-refractivity contribution in [2.75, 3.05) is 31.1 Å². The Hall–Kier alpha value is -2.37. The average molecular weight is 388 g/mol. The molecule has 2 aromatic carbocycles. The number of hydrogen-bond acceptors (Lipinski definition) is 3. The summed E-state index contributed by atoms with van der Waals surface area (Å²) in [5.74, 6) is 0.127. The van der Waals surface area contributed by atoms with Gasteiger partial charge in [-0.2, -0.15) is 0 Å². The predicted molar refractivity (Wildman–Crippen MR) is 110 cm³/mol. The van der Waals surface area contributed by atoms with Gasteiger partial charge in [0, 0.05) is 43.9 Å². The Labute approximate surface area is 166 Å². The molecule has 0 spiro atoms. The van der Waals surface area contributed by atoms with Gasteiger partial charge in [0.05, 0.1) is 0 Å². The smallest absolute Gasteiger partial charge is 0.253 e. The molecule has 0 radical (unpaired) electrons. The molecule has 144 valence electrons. The molecule has 0 bridgehead atoms. The standard InChI is InChI=1S/C21H25N3O2.ClH/c22-13-16-23(15-12-17-5-2-1-3-6-17)21(26)18-8-10-19(11-9-18)24-14-4-7-20(24)25;/h1-3,5-6,8-11H,4,7,12-16,22H2;1H. The quantitative estimate of drug-likeness (QED) is 0.794. The third kappa shape index (κ3) is 5.31. The van der Waals surface area contributed by atoms with Gasteiger partial charge in [0.25, 0.3) is 5.91 Å². The SMILES string of the molecule is Cl.NCCN(CCc1ccccc1)C(=O)c1ccc(N2CCCC2=O)cc1. The summed E-state index contributed by atoms with van der Waals surface area (Å²) in [7, 11) is 0. The van der Waals surface area contributed by atoms with Crippen LogP contribution in [0.5, 0.6) is 0 Å². The lowest BCUT2D eigenvalue weighted by Gasteiger charge is -2.23. The Morgan fingerprint density at radius 3 is 2.33 bits per heavy atom. The molecule has 0 saturated carbocycles. The second-order valence-electron chi connectivity index (χ2n) is 6.51. The van der Waals surface area contributed by atoms with E-state index >= 15 is 0 Å². The van der Waals surface area contributed by atoms with Gasteiger partial charge >= 0.3 is 0 Å². The first-order valence-electron chi connectivity index (χ1n) is 9.13. The lowest BCUT2D eigenvalue weighted by Crippen LogP contribution is -2.37. The summed E-state index contributed by atoms with van der Waals surface area (Å²) in [5.41, 5.74) is 8.38. The van der Waals surface area contributed by atoms with Crippen LogP contribution in [0.25, 0.3) is 0 Å². The maximum atomic E-state index is 12.8. The normalized spacial score (nSPS) is 13.4. The third-order valence-corrected chi connectivity index (χ3v) is 4.70. The van der Waals surface area contributed by atoms with E-state index in [9.17, 15) is 9.59 Å². The predicted octanol–water partition coefficient (Wildman–Crippen LogP) is 2.88. The van der Waals surface area contributed by atoms with E-state index in [0.717, 1.165) is 25.1 Å². The minimum absolute atomic E-state index is 0. The van der Waals surface area contributed by atoms with Crippen LogP contribution in [0.15, 0.2) is 54.6 Å². The number of anilines is 1. The minimum Gasteiger partial charge on any atom is -0.337 e. The maximum absolute atomic E-state index is 12.8. The molecule has 27 heavy (non-hydrogen) atoms. The largest absolute Gasteiger partial charge is 0.337 e. The topological polar surface area (TPSA) is 66.6 Å². The van der Waals surface area contributed by atoms with E-state index in [0.29, 0.717) is 31.6 Å². The van der Waals surface area contributed by atoms with Crippen LogP contribution >= 0.6 is 12.4 Å². The molecule has 2 aromatic rings. The van der Waals surface area contributed by atoms with E-state index in [1.54, 1.807) is 21.9 Å². The Kier molecular flexibility index (Phi) is 7.82. The zero-order chi connectivity index (χ0) is 18.4. The van der Waals surface area contributed by atoms with Crippen LogP contribution < -0.4 is 10.6 Å². The van der Waals surface area contributed by atoms with Gasteiger partial charge in [-0.05, 0) is 42.7 Å². The van der Waals surface area contributed by atoms with Crippen molar-refractivity contribution in [3.05, 3.63) is 65.7 Å². The van der Waals surface area contributed by atoms with Crippen LogP contribution in [-0.4, -0.2) is 42.9 Å². The van der Waals surface area contributed by atoms with Crippen LogP contribution in [0.1, 0.15) is 28.8 Å². The van der Waals surface area contributed by atoms with Crippen LogP contribution in [0, 0.1) is 0 Å². The number of carbonyl (C=O) groups excluding carboxylic acids is 2. The van der Waals surface area contributed by atoms with Crippen molar-refractivity contribution in [2.24, 2.45) is 5.73 Å². The highest BCUT2D eigenvalue weighted by molar-refractivity contribution is 5.97. The molecule has 0 aromatic heterocycles. The highest BCUT2D eigenvalue weighted by Gasteiger charge is 2.22. The summed E-state index contributed by atoms with van der Waals surface area (Å²) in [6.45, 7) is 2.34. The molecule has 1 aliphatic heterocycles. The minimum atomic E-state index is -0.0225. The van der Waals surface area contributed by atoms with E-state index < -0.39 is 0 Å². The highest BCUT2D eigenvalue weighted by atomic mass is 35.5. The van der Waals surface area contributed by atoms with Crippen molar-refractivity contribution < 1.29 is 9.59 Å². The van der Waals surface area contributed by atoms with Gasteiger partial charge in [0.1, 0.15) is 0 Å². The average Bonchev–Trinajstić information content (AvgIpc) is 3.11. The highest BCUT2D eigenvalue weighted by Crippen LogP contribution is 2.22. The fraction of sp³-hybridized carbons (Fsp3) is 0.333. The Balaban J connectivity index is 0.00000261. The number of benzene rings is 2. The summed E-state index contributed by atoms with van der Waals surface area (Å²) in [5, 5.41) is 0. The number of amides is 2. The van der Waals surface area contributed by atoms with Crippen molar-refractivity contribution in [3.63, 3.8) is 0 Å². The first-order valence-corrected chi connectivity index (χ1v) is 9.13. The lowest BCUT2D eigenvalue weighted by atomic mass is 10.1. The fourth-order valence-corrected chi connectivity index (χ4v) is 3.27. The lowest BCUT2D eigenvalue weighted by molar-refractivity contribution is -0.117. The number of nitrogens with two attached hydrogens (primary N) is 1. The van der Waals surface area contributed by atoms with Crippen molar-refractivity contribution >= 4 is 29.9 Å². The van der Waals surface area contributed by atoms with E-state index in [-0.39, 0.29) is 24.2 Å². The number of rotatable bonds is 7. The Morgan fingerprint density at radius 1 is 1.04 bits per heavy atom. The Bertz CT molecular complexity index is 750. The second kappa shape index (κ2) is 10.1. The van der Waals surface area contributed by atoms with Gasteiger partial charge in [-0.15, -0.1) is 12.4 Å². The maximum Gasteiger partial charge on any atom is 0.253 e. The van der Waals surface area contributed by atoms with E-state index in [1.807, 2.05) is 30.3 Å². The summed E-state index contributed by atoms with van der Waals surface area (Å²) < 4.78 is 0. The molecule has 2 N–H and O–H groups in total. The van der Waals surface area contributed by atoms with Gasteiger partial charge in [0.15, 0.2) is 0 Å². The molecule has 0 unspecified atom stereocenters. The van der Waals surface area contributed by atoms with Crippen molar-refractivity contribution in [2.45, 2.75) is 19.3 Å². The molecular weight excluding hydrogens is 362 g/mol. The van der Waals surface area contributed by atoms with Gasteiger partial charge < -0.3 is 15.5 Å². The van der Waals surface area contributed by atoms with Crippen LogP contribution in [0.4, 0.5) is 5.69 Å². The molecule has 0 atom stereocenters. The summed E-state index contributed by atoms with van der Waals surface area (Å²) >= 11 is 0. The van der Waals surface area contributed by atoms with Crippen LogP contribution in [0.3, 0.4) is 0 Å². The van der Waals surface area contributed by atoms with E-state index in [1.165, 1.54) is 5.56 Å². The van der Waals surface area contributed by atoms with Gasteiger partial charge in [-0.3, -0.25) is 9.59 Å². The molecule has 3 rings (SSSR count). The van der Waals surface area contributed by atoms with Crippen LogP contribution in [-0.2, 0) is 11.2 Å². The first-order chi connectivity index (χ1) is 12.7. The molecule has 6 heteroatoms. The molecular formula is C21H26ClN3O2. The van der Waals surface area contributed by atoms with Crippen molar-refractivity contribution in [1.82, 2.24) is 4.90 Å². The summed E-state index contributed by atoms with van der Waals surface area (Å²) in [6.07, 6.45) is 2.29. The van der Waals surface area contributed by atoms with Crippen molar-refractivity contribution in [1.29, 1.82) is 0 Å². The zero-order valence-corrected chi connectivity index (χ0v) is 16.2. The van der Waals surface area contributed by atoms with E-state index in [2.05, 4.69) is 12.1 Å². The third-order valence-electron chi connectivity index (χ3n) is 4.70. The Morgan fingerprint density at radius 2 is 1.74 bits per heavy atom. The molecule has 1 saturated heterocycles. The van der Waals surface area contributed by atoms with Crippen LogP contribution in [0.2, 0.25) is 0 Å². The molecule has 0 aliphatic carbocycles. The monoisotopic (exact) mass is 387 g/mol. The fourth-order valence-electron chi connectivity index (χ4n) is 3.27. The van der Waals surface area contributed by atoms with Gasteiger partial charge in [0.2, 0.25) is 5.91 Å². The number of halogens is 1. The molecule has 2 amide bonds. The van der Waals surface area contributed by atoms with Gasteiger partial charge in [-0.1, -0.05) is 30.3 Å². The first kappa shape index (κ1) is 20.9. The van der Waals surface area contributed by atoms with Crippen molar-refractivity contribution in [3.8, 4) is 0 Å². The number of hydrogen-bond donors (Lipinski definition) is 1. The number of carbonyl (C=O) groups is 2. The molecule has 5 nitrogen and oxygen atoms in total. The van der Waals surface area contributed by atoms with E-state index in [4.69, 9.17) is 5.73 Å². The molecule has 1 heterocycles. The zero-order valence-electron chi connectivity index (χ0n) is 15.3.